The first-order chi connectivity index (χ1) is 5.79. The number of hydrogen-bond donors (Lipinski definition) is 0. The largest absolute Gasteiger partial charge is 0.242 e. The summed E-state index contributed by atoms with van der Waals surface area (Å²) in [6, 6.07) is 9.05. The molecule has 0 unspecified atom stereocenters. The molecule has 1 aromatic heterocycles. The van der Waals surface area contributed by atoms with Gasteiger partial charge in [0.2, 0.25) is 0 Å². The molecule has 0 aliphatic heterocycles. The molecule has 0 saturated carbocycles. The van der Waals surface area contributed by atoms with Crippen molar-refractivity contribution in [2.45, 2.75) is 19.9 Å². The number of nitrogens with zero attached hydrogens (tertiary/aromatic N) is 3. The molecule has 0 aliphatic rings. The van der Waals surface area contributed by atoms with Gasteiger partial charge in [-0.2, -0.15) is 0 Å². The zero-order valence-electron chi connectivity index (χ0n) is 7.15. The van der Waals surface area contributed by atoms with Gasteiger partial charge in [0.1, 0.15) is 5.52 Å². The Hall–Kier alpha value is -1.38. The Morgan fingerprint density at radius 3 is 3.08 bits per heavy atom. The van der Waals surface area contributed by atoms with E-state index in [0.717, 1.165) is 11.0 Å². The van der Waals surface area contributed by atoms with E-state index in [9.17, 15) is 0 Å². The van der Waals surface area contributed by atoms with Gasteiger partial charge in [-0.1, -0.05) is 11.3 Å². The van der Waals surface area contributed by atoms with Crippen molar-refractivity contribution >= 4 is 11.0 Å². The Labute approximate surface area is 71.0 Å². The molecule has 2 rings (SSSR count). The van der Waals surface area contributed by atoms with Gasteiger partial charge in [-0.05, 0) is 32.0 Å². The molecule has 12 heavy (non-hydrogen) atoms. The Balaban J connectivity index is 2.70. The van der Waals surface area contributed by atoms with Gasteiger partial charge in [0.25, 0.3) is 0 Å². The smallest absolute Gasteiger partial charge is 0.113 e. The first-order valence-corrected chi connectivity index (χ1v) is 4.00. The minimum Gasteiger partial charge on any atom is -0.242 e. The topological polar surface area (TPSA) is 30.7 Å². The molecule has 0 fully saturated rings. The third-order valence-corrected chi connectivity index (χ3v) is 1.80. The number of aromatic nitrogens is 3. The molecular weight excluding hydrogens is 150 g/mol. The summed E-state index contributed by atoms with van der Waals surface area (Å²) in [4.78, 5) is 0. The predicted molar refractivity (Wildman–Crippen MR) is 46.7 cm³/mol. The van der Waals surface area contributed by atoms with Crippen molar-refractivity contribution in [1.29, 1.82) is 0 Å². The van der Waals surface area contributed by atoms with Crippen LogP contribution >= 0.6 is 0 Å². The molecular formula is C9H10N3. The van der Waals surface area contributed by atoms with E-state index < -0.39 is 0 Å². The van der Waals surface area contributed by atoms with E-state index in [1.165, 1.54) is 0 Å². The summed E-state index contributed by atoms with van der Waals surface area (Å²) in [6.45, 7) is 4.17. The Morgan fingerprint density at radius 1 is 1.50 bits per heavy atom. The van der Waals surface area contributed by atoms with Crippen LogP contribution < -0.4 is 0 Å². The Bertz CT molecular complexity index is 389. The molecule has 0 saturated heterocycles. The summed E-state index contributed by atoms with van der Waals surface area (Å²) in [7, 11) is 0. The van der Waals surface area contributed by atoms with Gasteiger partial charge in [-0.25, -0.2) is 4.68 Å². The Morgan fingerprint density at radius 2 is 2.33 bits per heavy atom. The first kappa shape index (κ1) is 7.28. The molecule has 0 atom stereocenters. The molecule has 0 N–H and O–H groups in total. The number of hydrogen-bond acceptors (Lipinski definition) is 2. The molecule has 2 aromatic rings. The van der Waals surface area contributed by atoms with Gasteiger partial charge < -0.3 is 0 Å². The molecule has 0 spiro atoms. The Kier molecular flexibility index (Phi) is 1.57. The van der Waals surface area contributed by atoms with E-state index in [-0.39, 0.29) is 0 Å². The summed E-state index contributed by atoms with van der Waals surface area (Å²) >= 11 is 0. The fourth-order valence-corrected chi connectivity index (χ4v) is 1.21. The van der Waals surface area contributed by atoms with Gasteiger partial charge in [-0.15, -0.1) is 5.10 Å². The lowest BCUT2D eigenvalue weighted by atomic mass is 10.3. The van der Waals surface area contributed by atoms with Crippen LogP contribution in [0.15, 0.2) is 18.2 Å². The van der Waals surface area contributed by atoms with Gasteiger partial charge in [0.15, 0.2) is 0 Å². The molecule has 3 nitrogen and oxygen atoms in total. The third kappa shape index (κ3) is 0.978. The van der Waals surface area contributed by atoms with Crippen molar-refractivity contribution < 1.29 is 0 Å². The quantitative estimate of drug-likeness (QED) is 0.637. The number of benzene rings is 1. The maximum Gasteiger partial charge on any atom is 0.113 e. The van der Waals surface area contributed by atoms with Crippen molar-refractivity contribution in [2.75, 3.05) is 0 Å². The fraction of sp³-hybridized carbons (Fsp3) is 0.333. The van der Waals surface area contributed by atoms with E-state index >= 15 is 0 Å². The lowest BCUT2D eigenvalue weighted by molar-refractivity contribution is 0.530. The second kappa shape index (κ2) is 2.59. The van der Waals surface area contributed by atoms with Crippen LogP contribution in [0.1, 0.15) is 19.9 Å². The SMILES string of the molecule is CC(C)n1nnc2cc[c]cc21. The highest BCUT2D eigenvalue weighted by atomic mass is 15.4. The maximum absolute atomic E-state index is 4.04. The summed E-state index contributed by atoms with van der Waals surface area (Å²) in [5.41, 5.74) is 1.98. The van der Waals surface area contributed by atoms with Crippen LogP contribution in [0.5, 0.6) is 0 Å². The van der Waals surface area contributed by atoms with Crippen LogP contribution in [0.4, 0.5) is 0 Å². The van der Waals surface area contributed by atoms with E-state index in [4.69, 9.17) is 0 Å². The minimum atomic E-state index is 0.353. The zero-order chi connectivity index (χ0) is 8.55. The lowest BCUT2D eigenvalue weighted by Gasteiger charge is -2.03. The standard InChI is InChI=1S/C9H10N3/c1-7(2)12-9-6-4-3-5-8(9)10-11-12/h3,5-7H,1-2H3. The highest BCUT2D eigenvalue weighted by molar-refractivity contribution is 5.73. The highest BCUT2D eigenvalue weighted by Gasteiger charge is 2.04. The lowest BCUT2D eigenvalue weighted by Crippen LogP contribution is -2.02. The van der Waals surface area contributed by atoms with Crippen LogP contribution in [-0.4, -0.2) is 15.0 Å². The van der Waals surface area contributed by atoms with E-state index in [2.05, 4.69) is 30.2 Å². The number of rotatable bonds is 1. The van der Waals surface area contributed by atoms with Crippen molar-refractivity contribution in [1.82, 2.24) is 15.0 Å². The average molecular weight is 160 g/mol. The molecule has 1 aromatic carbocycles. The molecule has 3 heteroatoms. The van der Waals surface area contributed by atoms with Crippen LogP contribution in [-0.2, 0) is 0 Å². The third-order valence-electron chi connectivity index (χ3n) is 1.80. The fourth-order valence-electron chi connectivity index (χ4n) is 1.21. The summed E-state index contributed by atoms with van der Waals surface area (Å²) in [5, 5.41) is 8.07. The van der Waals surface area contributed by atoms with Crippen LogP contribution in [0.2, 0.25) is 0 Å². The summed E-state index contributed by atoms with van der Waals surface area (Å²) in [5.74, 6) is 0. The van der Waals surface area contributed by atoms with Crippen molar-refractivity contribution in [3.63, 3.8) is 0 Å². The monoisotopic (exact) mass is 160 g/mol. The van der Waals surface area contributed by atoms with Crippen LogP contribution in [0.3, 0.4) is 0 Å². The summed E-state index contributed by atoms with van der Waals surface area (Å²) < 4.78 is 1.89. The van der Waals surface area contributed by atoms with Gasteiger partial charge in [-0.3, -0.25) is 0 Å². The second-order valence-electron chi connectivity index (χ2n) is 3.04. The van der Waals surface area contributed by atoms with Crippen molar-refractivity contribution in [3.8, 4) is 0 Å². The van der Waals surface area contributed by atoms with E-state index in [1.807, 2.05) is 22.9 Å². The first-order valence-electron chi connectivity index (χ1n) is 4.00. The predicted octanol–water partition coefficient (Wildman–Crippen LogP) is 1.81. The van der Waals surface area contributed by atoms with Crippen molar-refractivity contribution in [2.24, 2.45) is 0 Å². The molecule has 1 heterocycles. The highest BCUT2D eigenvalue weighted by Crippen LogP contribution is 2.13. The van der Waals surface area contributed by atoms with Crippen molar-refractivity contribution in [3.05, 3.63) is 24.3 Å². The minimum absolute atomic E-state index is 0.353. The van der Waals surface area contributed by atoms with Crippen LogP contribution in [0, 0.1) is 6.07 Å². The van der Waals surface area contributed by atoms with E-state index in [1.54, 1.807) is 0 Å². The van der Waals surface area contributed by atoms with Gasteiger partial charge >= 0.3 is 0 Å². The van der Waals surface area contributed by atoms with Gasteiger partial charge in [0, 0.05) is 6.04 Å². The molecule has 1 radical (unpaired) electrons. The normalized spacial score (nSPS) is 11.2. The summed E-state index contributed by atoms with van der Waals surface area (Å²) in [6.07, 6.45) is 0. The van der Waals surface area contributed by atoms with Gasteiger partial charge in [0.05, 0.1) is 5.52 Å². The number of fused-ring (bicyclic) bond motifs is 1. The maximum atomic E-state index is 4.04. The zero-order valence-corrected chi connectivity index (χ0v) is 7.15. The molecule has 0 amide bonds. The van der Waals surface area contributed by atoms with Crippen LogP contribution in [0.25, 0.3) is 11.0 Å². The second-order valence-corrected chi connectivity index (χ2v) is 3.04. The van der Waals surface area contributed by atoms with E-state index in [0.29, 0.717) is 6.04 Å². The molecule has 0 bridgehead atoms. The molecule has 61 valence electrons. The average Bonchev–Trinajstić information content (AvgIpc) is 2.47. The molecule has 0 aliphatic carbocycles.